The maximum absolute atomic E-state index is 12.3. The smallest absolute Gasteiger partial charge is 0.870 e. The molecule has 0 fully saturated rings. The van der Waals surface area contributed by atoms with Gasteiger partial charge in [-0.05, 0) is 52.7 Å². The first-order valence-corrected chi connectivity index (χ1v) is 19.3. The Morgan fingerprint density at radius 1 is 0.652 bits per heavy atom. The molecule has 2 aromatic heterocycles. The fraction of sp³-hybridized carbons (Fsp3) is 0.409. The summed E-state index contributed by atoms with van der Waals surface area (Å²) in [6, 6.07) is 17.8. The summed E-state index contributed by atoms with van der Waals surface area (Å²) >= 11 is 0. The van der Waals surface area contributed by atoms with Crippen molar-refractivity contribution >= 4 is 35.9 Å². The Morgan fingerprint density at radius 2 is 1.03 bits per heavy atom. The number of hydrogen-bond donors (Lipinski definition) is 5. The molecule has 0 aliphatic carbocycles. The summed E-state index contributed by atoms with van der Waals surface area (Å²) in [5, 5.41) is 15.4. The number of aromatic nitrogens is 4. The normalized spacial score (nSPS) is 9.57. The quantitative estimate of drug-likeness (QED) is 0.0354. The summed E-state index contributed by atoms with van der Waals surface area (Å²) in [6.07, 6.45) is 0.469. The maximum atomic E-state index is 12.3. The van der Waals surface area contributed by atoms with Crippen LogP contribution in [-0.4, -0.2) is 113 Å². The van der Waals surface area contributed by atoms with Crippen LogP contribution in [0.3, 0.4) is 0 Å². The summed E-state index contributed by atoms with van der Waals surface area (Å²) in [4.78, 5) is 90.9. The second-order valence-corrected chi connectivity index (χ2v) is 14.4. The molecule has 4 rings (SSSR count). The molecule has 0 saturated heterocycles. The minimum Gasteiger partial charge on any atom is -0.870 e. The number of aromatic amines is 2. The van der Waals surface area contributed by atoms with E-state index in [1.807, 2.05) is 48.5 Å². The molecule has 0 aliphatic rings. The predicted octanol–water partition coefficient (Wildman–Crippen LogP) is 1.43. The molecule has 0 unspecified atom stereocenters. The third-order valence-electron chi connectivity index (χ3n) is 6.83. The number of methoxy groups -OCH3 is 5. The monoisotopic (exact) mass is 986 g/mol. The van der Waals surface area contributed by atoms with Crippen LogP contribution in [0, 0.1) is 5.41 Å². The van der Waals surface area contributed by atoms with E-state index in [1.54, 1.807) is 60.6 Å². The van der Waals surface area contributed by atoms with Crippen molar-refractivity contribution in [1.82, 2.24) is 19.9 Å². The average molecular weight is 987 g/mol. The van der Waals surface area contributed by atoms with Crippen LogP contribution in [0.1, 0.15) is 94.4 Å². The number of carbonyl (C=O) groups is 5. The molecule has 7 N–H and O–H groups in total. The van der Waals surface area contributed by atoms with Gasteiger partial charge < -0.3 is 58.9 Å². The van der Waals surface area contributed by atoms with Crippen LogP contribution in [0.4, 0.5) is 0 Å². The van der Waals surface area contributed by atoms with Gasteiger partial charge in [0.15, 0.2) is 0 Å². The molecule has 69 heavy (non-hydrogen) atoms. The molecular formula is C44H63N6NaO18. The predicted molar refractivity (Wildman–Crippen MR) is 244 cm³/mol. The molecule has 0 amide bonds. The number of nitrogens with one attached hydrogen (secondary N) is 3. The van der Waals surface area contributed by atoms with Gasteiger partial charge >= 0.3 is 59.4 Å². The number of ether oxygens (including phenoxy) is 9. The number of aromatic carboxylic acids is 1. The molecule has 2 heterocycles. The van der Waals surface area contributed by atoms with Gasteiger partial charge in [0.1, 0.15) is 24.4 Å². The van der Waals surface area contributed by atoms with Crippen molar-refractivity contribution in [3.05, 3.63) is 104 Å². The standard InChI is InChI=1S/C17H20N2O5.C13H12N2O5.C7H12O4.C4H8O2.C2H6N2O.CH4.Na.H2O/c1-17(2,3)24-15(21)12-13(14(20)19-16(18-12)22-4)23-10-11-8-6-5-7-9-11;1-19-13-14-9(12(17)18)10(11(16)15-13)20-7-8-5-3-2-4-6-8;1-7(2,3)11-6(9)5(8)10-4;1-3-4(5)6-2;1-5-2(3)4;;;/h5-9H,10H2,1-4H3,(H,18,19,20);2-6H,7H2,1H3,(H,17,18)(H,14,15,16);1-4H3;3H2,1-2H3;1H3,(H3,3,4);1H4;;1H2/q;;;;;;+1;/p-1. The first-order valence-electron chi connectivity index (χ1n) is 19.3. The Bertz CT molecular complexity index is 2290. The number of carbonyl (C=O) groups excluding carboxylic acids is 4. The van der Waals surface area contributed by atoms with Gasteiger partial charge in [0.2, 0.25) is 22.9 Å². The van der Waals surface area contributed by atoms with E-state index in [-0.39, 0.29) is 96.9 Å². The third kappa shape index (κ3) is 29.4. The summed E-state index contributed by atoms with van der Waals surface area (Å²) < 4.78 is 42.9. The molecule has 0 spiro atoms. The summed E-state index contributed by atoms with van der Waals surface area (Å²) in [6.45, 7) is 12.1. The van der Waals surface area contributed by atoms with Crippen LogP contribution >= 0.6 is 0 Å². The number of nitrogens with zero attached hydrogens (tertiary/aromatic N) is 2. The van der Waals surface area contributed by atoms with Gasteiger partial charge in [-0.3, -0.25) is 29.8 Å². The van der Waals surface area contributed by atoms with Crippen molar-refractivity contribution in [1.29, 1.82) is 5.41 Å². The van der Waals surface area contributed by atoms with E-state index in [2.05, 4.69) is 44.6 Å². The van der Waals surface area contributed by atoms with E-state index in [4.69, 9.17) is 34.2 Å². The van der Waals surface area contributed by atoms with Gasteiger partial charge in [0, 0.05) is 6.42 Å². The first kappa shape index (κ1) is 68.6. The van der Waals surface area contributed by atoms with Gasteiger partial charge in [-0.2, -0.15) is 9.97 Å². The molecule has 4 aromatic rings. The van der Waals surface area contributed by atoms with E-state index in [1.165, 1.54) is 28.4 Å². The van der Waals surface area contributed by atoms with Crippen molar-refractivity contribution in [2.45, 2.75) is 86.7 Å². The molecule has 0 atom stereocenters. The number of H-pyrrole nitrogens is 2. The van der Waals surface area contributed by atoms with E-state index in [0.29, 0.717) is 6.42 Å². The molecule has 24 nitrogen and oxygen atoms in total. The zero-order chi connectivity index (χ0) is 50.6. The second kappa shape index (κ2) is 35.2. The molecule has 25 heteroatoms. The number of hydrogen-bond acceptors (Lipinski definition) is 20. The van der Waals surface area contributed by atoms with E-state index in [9.17, 15) is 33.6 Å². The van der Waals surface area contributed by atoms with Crippen LogP contribution < -0.4 is 65.4 Å². The van der Waals surface area contributed by atoms with Crippen LogP contribution in [0.5, 0.6) is 23.5 Å². The average Bonchev–Trinajstić information content (AvgIpc) is 3.27. The number of amidine groups is 1. The summed E-state index contributed by atoms with van der Waals surface area (Å²) in [7, 11) is 6.47. The summed E-state index contributed by atoms with van der Waals surface area (Å²) in [5.41, 5.74) is 2.91. The van der Waals surface area contributed by atoms with Gasteiger partial charge in [-0.25, -0.2) is 19.2 Å². The van der Waals surface area contributed by atoms with Crippen molar-refractivity contribution < 1.29 is 107 Å². The van der Waals surface area contributed by atoms with Crippen molar-refractivity contribution in [3.8, 4) is 23.5 Å². The SMILES string of the molecule is C.CCC(=O)OC.COC(=N)N.COC(=O)C(=O)OC(C)(C)C.COc1nc(C(=O)O)c(OCc2ccccc2)c(=O)[nH]1.COc1nc(C(=O)OC(C)(C)C)c(OCc2ccccc2)c(=O)[nH]1.[Na+].[OH-]. The topological polar surface area (TPSA) is 360 Å². The minimum atomic E-state index is -1.36. The van der Waals surface area contributed by atoms with Gasteiger partial charge in [0.05, 0.1) is 35.5 Å². The Balaban J connectivity index is -0.000000422. The number of carboxylic acids is 1. The second-order valence-electron chi connectivity index (χ2n) is 14.4. The Morgan fingerprint density at radius 3 is 1.32 bits per heavy atom. The van der Waals surface area contributed by atoms with Crippen molar-refractivity contribution in [2.24, 2.45) is 5.73 Å². The third-order valence-corrected chi connectivity index (χ3v) is 6.83. The summed E-state index contributed by atoms with van der Waals surface area (Å²) in [5.74, 6) is -4.75. The van der Waals surface area contributed by atoms with Gasteiger partial charge in [-0.1, -0.05) is 75.0 Å². The number of rotatable bonds is 11. The van der Waals surface area contributed by atoms with E-state index >= 15 is 0 Å². The van der Waals surface area contributed by atoms with Gasteiger partial charge in [-0.15, -0.1) is 0 Å². The molecular weight excluding hydrogens is 923 g/mol. The Hall–Kier alpha value is -7.02. The van der Waals surface area contributed by atoms with Crippen LogP contribution in [0.25, 0.3) is 0 Å². The largest absolute Gasteiger partial charge is 1.00 e. The van der Waals surface area contributed by atoms with Crippen LogP contribution in [0.2, 0.25) is 0 Å². The van der Waals surface area contributed by atoms with E-state index < -0.39 is 51.9 Å². The fourth-order valence-corrected chi connectivity index (χ4v) is 3.96. The molecule has 0 aliphatic heterocycles. The molecule has 0 radical (unpaired) electrons. The fourth-order valence-electron chi connectivity index (χ4n) is 3.96. The van der Waals surface area contributed by atoms with Crippen LogP contribution in [-0.2, 0) is 51.3 Å². The first-order chi connectivity index (χ1) is 30.9. The molecule has 378 valence electrons. The van der Waals surface area contributed by atoms with Gasteiger partial charge in [0.25, 0.3) is 29.2 Å². The number of benzene rings is 2. The molecule has 2 aromatic carbocycles. The number of nitrogens with two attached hydrogens (primary N) is 1. The Kier molecular flexibility index (Phi) is 34.9. The molecule has 0 saturated carbocycles. The minimum absolute atomic E-state index is 0. The number of carboxylic acid groups (broad SMARTS) is 1. The maximum Gasteiger partial charge on any atom is 1.00 e. The molecule has 0 bridgehead atoms. The van der Waals surface area contributed by atoms with Crippen molar-refractivity contribution in [3.63, 3.8) is 0 Å². The zero-order valence-corrected chi connectivity index (χ0v) is 42.3. The Labute approximate surface area is 421 Å². The van der Waals surface area contributed by atoms with Crippen molar-refractivity contribution in [2.75, 3.05) is 35.5 Å². The van der Waals surface area contributed by atoms with E-state index in [0.717, 1.165) is 18.2 Å². The zero-order valence-electron chi connectivity index (χ0n) is 40.3. The number of esters is 4. The van der Waals surface area contributed by atoms with Crippen LogP contribution in [0.15, 0.2) is 70.3 Å².